The van der Waals surface area contributed by atoms with E-state index >= 15 is 0 Å². The van der Waals surface area contributed by atoms with Crippen LogP contribution in [-0.4, -0.2) is 23.1 Å². The summed E-state index contributed by atoms with van der Waals surface area (Å²) in [6, 6.07) is 4.41. The maximum atomic E-state index is 11.8. The first-order valence-electron chi connectivity index (χ1n) is 6.08. The molecule has 0 aliphatic heterocycles. The van der Waals surface area contributed by atoms with Gasteiger partial charge in [-0.3, -0.25) is 0 Å². The molecular weight excluding hydrogens is 312 g/mol. The summed E-state index contributed by atoms with van der Waals surface area (Å²) in [5.41, 5.74) is 0.313. The first-order valence-corrected chi connectivity index (χ1v) is 6.88. The van der Waals surface area contributed by atoms with Crippen LogP contribution in [0.25, 0.3) is 0 Å². The summed E-state index contributed by atoms with van der Waals surface area (Å²) in [5, 5.41) is 14.5. The summed E-state index contributed by atoms with van der Waals surface area (Å²) in [7, 11) is 0. The molecule has 104 valence electrons. The van der Waals surface area contributed by atoms with E-state index in [1.54, 1.807) is 12.1 Å². The molecule has 1 rings (SSSR count). The fourth-order valence-electron chi connectivity index (χ4n) is 1.66. The third-order valence-corrected chi connectivity index (χ3v) is 3.46. The van der Waals surface area contributed by atoms with Gasteiger partial charge >= 0.3 is 12.0 Å². The molecule has 1 aromatic rings. The van der Waals surface area contributed by atoms with Gasteiger partial charge in [0.05, 0.1) is 11.3 Å². The Hall–Kier alpha value is -1.56. The van der Waals surface area contributed by atoms with E-state index in [-0.39, 0.29) is 17.3 Å². The zero-order chi connectivity index (χ0) is 14.4. The molecule has 0 aliphatic carbocycles. The van der Waals surface area contributed by atoms with E-state index in [0.717, 1.165) is 12.8 Å². The minimum atomic E-state index is -1.08. The van der Waals surface area contributed by atoms with Crippen LogP contribution in [0.5, 0.6) is 0 Å². The number of nitrogens with one attached hydrogen (secondary N) is 2. The highest BCUT2D eigenvalue weighted by molar-refractivity contribution is 9.10. The van der Waals surface area contributed by atoms with Gasteiger partial charge in [0.15, 0.2) is 0 Å². The third kappa shape index (κ3) is 4.24. The maximum absolute atomic E-state index is 11.8. The van der Waals surface area contributed by atoms with Crippen molar-refractivity contribution in [3.8, 4) is 0 Å². The maximum Gasteiger partial charge on any atom is 0.337 e. The number of urea groups is 1. The van der Waals surface area contributed by atoms with Gasteiger partial charge in [-0.25, -0.2) is 9.59 Å². The Kier molecular flexibility index (Phi) is 5.82. The second-order valence-corrected chi connectivity index (χ2v) is 4.93. The van der Waals surface area contributed by atoms with Crippen molar-refractivity contribution in [2.45, 2.75) is 32.7 Å². The SMILES string of the molecule is CCC(CC)NC(=O)Nc1c(Br)cccc1C(=O)O. The Morgan fingerprint density at radius 3 is 2.47 bits per heavy atom. The number of para-hydroxylation sites is 1. The monoisotopic (exact) mass is 328 g/mol. The topological polar surface area (TPSA) is 78.4 Å². The summed E-state index contributed by atoms with van der Waals surface area (Å²) in [6.07, 6.45) is 1.65. The van der Waals surface area contributed by atoms with E-state index in [9.17, 15) is 9.59 Å². The molecule has 19 heavy (non-hydrogen) atoms. The van der Waals surface area contributed by atoms with Crippen molar-refractivity contribution < 1.29 is 14.7 Å². The van der Waals surface area contributed by atoms with Crippen molar-refractivity contribution in [3.63, 3.8) is 0 Å². The molecule has 0 atom stereocenters. The van der Waals surface area contributed by atoms with Crippen LogP contribution in [0.4, 0.5) is 10.5 Å². The molecule has 0 saturated carbocycles. The average molecular weight is 329 g/mol. The number of anilines is 1. The molecule has 2 amide bonds. The molecule has 0 bridgehead atoms. The molecule has 5 nitrogen and oxygen atoms in total. The number of aromatic carboxylic acids is 1. The zero-order valence-electron chi connectivity index (χ0n) is 10.9. The summed E-state index contributed by atoms with van der Waals surface area (Å²) in [5.74, 6) is -1.08. The van der Waals surface area contributed by atoms with E-state index < -0.39 is 12.0 Å². The molecule has 0 spiro atoms. The number of hydrogen-bond donors (Lipinski definition) is 3. The number of carbonyl (C=O) groups excluding carboxylic acids is 1. The molecular formula is C13H17BrN2O3. The van der Waals surface area contributed by atoms with E-state index in [1.807, 2.05) is 13.8 Å². The van der Waals surface area contributed by atoms with Crippen LogP contribution in [0.3, 0.4) is 0 Å². The van der Waals surface area contributed by atoms with Crippen molar-refractivity contribution in [1.82, 2.24) is 5.32 Å². The molecule has 3 N–H and O–H groups in total. The first-order chi connectivity index (χ1) is 8.99. The highest BCUT2D eigenvalue weighted by atomic mass is 79.9. The van der Waals surface area contributed by atoms with Crippen molar-refractivity contribution in [3.05, 3.63) is 28.2 Å². The van der Waals surface area contributed by atoms with Gasteiger partial charge in [-0.15, -0.1) is 0 Å². The predicted molar refractivity (Wildman–Crippen MR) is 77.6 cm³/mol. The lowest BCUT2D eigenvalue weighted by molar-refractivity contribution is 0.0698. The van der Waals surface area contributed by atoms with Crippen LogP contribution >= 0.6 is 15.9 Å². The number of carbonyl (C=O) groups is 2. The van der Waals surface area contributed by atoms with E-state index in [4.69, 9.17) is 5.11 Å². The van der Waals surface area contributed by atoms with Gasteiger partial charge in [-0.1, -0.05) is 19.9 Å². The van der Waals surface area contributed by atoms with Crippen LogP contribution in [0.1, 0.15) is 37.0 Å². The van der Waals surface area contributed by atoms with E-state index in [1.165, 1.54) is 6.07 Å². The molecule has 0 saturated heterocycles. The molecule has 0 unspecified atom stereocenters. The number of carboxylic acids is 1. The van der Waals surface area contributed by atoms with Crippen LogP contribution in [0.2, 0.25) is 0 Å². The standard InChI is InChI=1S/C13H17BrN2O3/c1-3-8(4-2)15-13(19)16-11-9(12(17)18)6-5-7-10(11)14/h5-8H,3-4H2,1-2H3,(H,17,18)(H2,15,16,19). The summed E-state index contributed by atoms with van der Waals surface area (Å²) < 4.78 is 0.534. The molecule has 1 aromatic carbocycles. The van der Waals surface area contributed by atoms with E-state index in [2.05, 4.69) is 26.6 Å². The molecule has 6 heteroatoms. The van der Waals surface area contributed by atoms with Crippen molar-refractivity contribution in [2.24, 2.45) is 0 Å². The number of benzene rings is 1. The van der Waals surface area contributed by atoms with Crippen LogP contribution in [0, 0.1) is 0 Å². The number of halogens is 1. The number of rotatable bonds is 5. The Labute approximate surface area is 120 Å². The minimum absolute atomic E-state index is 0.0501. The molecule has 0 aliphatic rings. The van der Waals surface area contributed by atoms with Crippen LogP contribution < -0.4 is 10.6 Å². The minimum Gasteiger partial charge on any atom is -0.478 e. The Balaban J connectivity index is 2.87. The average Bonchev–Trinajstić information content (AvgIpc) is 2.38. The van der Waals surface area contributed by atoms with Gasteiger partial charge in [0.25, 0.3) is 0 Å². The van der Waals surface area contributed by atoms with Crippen molar-refractivity contribution >= 4 is 33.6 Å². The highest BCUT2D eigenvalue weighted by Crippen LogP contribution is 2.26. The smallest absolute Gasteiger partial charge is 0.337 e. The number of amides is 2. The Morgan fingerprint density at radius 2 is 1.95 bits per heavy atom. The number of carboxylic acid groups (broad SMARTS) is 1. The zero-order valence-corrected chi connectivity index (χ0v) is 12.5. The molecule has 0 radical (unpaired) electrons. The third-order valence-electron chi connectivity index (χ3n) is 2.80. The molecule has 0 fully saturated rings. The predicted octanol–water partition coefficient (Wildman–Crippen LogP) is 3.46. The Morgan fingerprint density at radius 1 is 1.32 bits per heavy atom. The lowest BCUT2D eigenvalue weighted by Crippen LogP contribution is -2.37. The summed E-state index contributed by atoms with van der Waals surface area (Å²) in [6.45, 7) is 3.96. The first kappa shape index (κ1) is 15.5. The lowest BCUT2D eigenvalue weighted by atomic mass is 10.1. The van der Waals surface area contributed by atoms with Gasteiger partial charge in [-0.2, -0.15) is 0 Å². The summed E-state index contributed by atoms with van der Waals surface area (Å²) >= 11 is 3.24. The normalized spacial score (nSPS) is 10.3. The second kappa shape index (κ2) is 7.13. The lowest BCUT2D eigenvalue weighted by Gasteiger charge is -2.16. The van der Waals surface area contributed by atoms with Gasteiger partial charge in [0.2, 0.25) is 0 Å². The van der Waals surface area contributed by atoms with Crippen molar-refractivity contribution in [2.75, 3.05) is 5.32 Å². The second-order valence-electron chi connectivity index (χ2n) is 4.08. The van der Waals surface area contributed by atoms with Crippen molar-refractivity contribution in [1.29, 1.82) is 0 Å². The Bertz CT molecular complexity index is 473. The molecule has 0 heterocycles. The quantitative estimate of drug-likeness (QED) is 0.774. The van der Waals surface area contributed by atoms with Gasteiger partial charge in [0.1, 0.15) is 0 Å². The highest BCUT2D eigenvalue weighted by Gasteiger charge is 2.16. The molecule has 0 aromatic heterocycles. The number of hydrogen-bond acceptors (Lipinski definition) is 2. The van der Waals surface area contributed by atoms with Gasteiger partial charge in [0, 0.05) is 10.5 Å². The van der Waals surface area contributed by atoms with Gasteiger partial charge < -0.3 is 15.7 Å². The largest absolute Gasteiger partial charge is 0.478 e. The fraction of sp³-hybridized carbons (Fsp3) is 0.385. The van der Waals surface area contributed by atoms with Gasteiger partial charge in [-0.05, 0) is 40.9 Å². The summed E-state index contributed by atoms with van der Waals surface area (Å²) in [4.78, 5) is 22.9. The van der Waals surface area contributed by atoms with Crippen LogP contribution in [0.15, 0.2) is 22.7 Å². The fourth-order valence-corrected chi connectivity index (χ4v) is 2.12. The van der Waals surface area contributed by atoms with Crippen LogP contribution in [-0.2, 0) is 0 Å². The van der Waals surface area contributed by atoms with E-state index in [0.29, 0.717) is 4.47 Å².